The zero-order valence-electron chi connectivity index (χ0n) is 15.7. The minimum Gasteiger partial charge on any atom is -0.465 e. The van der Waals surface area contributed by atoms with Crippen molar-refractivity contribution >= 4 is 11.9 Å². The quantitative estimate of drug-likeness (QED) is 0.657. The molecule has 4 rings (SSSR count). The fourth-order valence-electron chi connectivity index (χ4n) is 3.38. The van der Waals surface area contributed by atoms with Crippen LogP contribution in [0.1, 0.15) is 39.5 Å². The van der Waals surface area contributed by atoms with E-state index in [0.717, 1.165) is 11.4 Å². The molecule has 0 spiro atoms. The van der Waals surface area contributed by atoms with Gasteiger partial charge in [0.1, 0.15) is 5.82 Å². The normalized spacial score (nSPS) is 15.8. The highest BCUT2D eigenvalue weighted by molar-refractivity contribution is 5.96. The Morgan fingerprint density at radius 3 is 2.36 bits per heavy atom. The number of fused-ring (bicyclic) bond motifs is 1. The standard InChI is InChI=1S/C21H20N4O3/c1-14-19-22-18(15-6-4-3-5-7-15)23-25(19)13-12-24(14)20(26)16-8-10-17(11-9-16)21(27)28-2/h3-11,14H,12-13H2,1-2H3/t14-/m0/s1. The Balaban J connectivity index is 1.57. The molecule has 0 N–H and O–H groups in total. The van der Waals surface area contributed by atoms with Gasteiger partial charge in [0.25, 0.3) is 5.91 Å². The second-order valence-electron chi connectivity index (χ2n) is 6.63. The minimum absolute atomic E-state index is 0.0978. The number of nitrogens with zero attached hydrogens (tertiary/aromatic N) is 4. The Morgan fingerprint density at radius 1 is 1.00 bits per heavy atom. The van der Waals surface area contributed by atoms with Crippen LogP contribution >= 0.6 is 0 Å². The van der Waals surface area contributed by atoms with Gasteiger partial charge in [-0.3, -0.25) is 4.79 Å². The molecule has 2 heterocycles. The number of carbonyl (C=O) groups excluding carboxylic acids is 2. The number of hydrogen-bond donors (Lipinski definition) is 0. The number of carbonyl (C=O) groups is 2. The van der Waals surface area contributed by atoms with E-state index in [9.17, 15) is 9.59 Å². The van der Waals surface area contributed by atoms with Crippen LogP contribution in [0.2, 0.25) is 0 Å². The fraction of sp³-hybridized carbons (Fsp3) is 0.238. The number of benzene rings is 2. The Kier molecular flexibility index (Phi) is 4.65. The molecule has 0 unspecified atom stereocenters. The Morgan fingerprint density at radius 2 is 1.68 bits per heavy atom. The third-order valence-corrected chi connectivity index (χ3v) is 4.94. The number of aromatic nitrogens is 3. The summed E-state index contributed by atoms with van der Waals surface area (Å²) in [5.74, 6) is 0.912. The lowest BCUT2D eigenvalue weighted by Gasteiger charge is -2.33. The first kappa shape index (κ1) is 17.9. The molecule has 7 nitrogen and oxygen atoms in total. The van der Waals surface area contributed by atoms with Gasteiger partial charge in [-0.05, 0) is 31.2 Å². The number of hydrogen-bond acceptors (Lipinski definition) is 5. The summed E-state index contributed by atoms with van der Waals surface area (Å²) >= 11 is 0. The summed E-state index contributed by atoms with van der Waals surface area (Å²) in [7, 11) is 1.33. The van der Waals surface area contributed by atoms with Gasteiger partial charge < -0.3 is 9.64 Å². The number of esters is 1. The third-order valence-electron chi connectivity index (χ3n) is 4.94. The lowest BCUT2D eigenvalue weighted by Crippen LogP contribution is -2.41. The molecule has 0 radical (unpaired) electrons. The van der Waals surface area contributed by atoms with Gasteiger partial charge in [0, 0.05) is 17.7 Å². The zero-order chi connectivity index (χ0) is 19.7. The van der Waals surface area contributed by atoms with E-state index >= 15 is 0 Å². The highest BCUT2D eigenvalue weighted by Gasteiger charge is 2.31. The Bertz CT molecular complexity index is 1010. The van der Waals surface area contributed by atoms with Gasteiger partial charge in [0.15, 0.2) is 5.82 Å². The molecule has 2 aromatic carbocycles. The summed E-state index contributed by atoms with van der Waals surface area (Å²) in [5, 5.41) is 4.59. The third kappa shape index (κ3) is 3.15. The number of ether oxygens (including phenoxy) is 1. The van der Waals surface area contributed by atoms with Gasteiger partial charge >= 0.3 is 5.97 Å². The first-order valence-corrected chi connectivity index (χ1v) is 9.08. The number of amides is 1. The summed E-state index contributed by atoms with van der Waals surface area (Å²) in [5.41, 5.74) is 1.89. The van der Waals surface area contributed by atoms with Crippen LogP contribution in [0.25, 0.3) is 11.4 Å². The molecule has 1 atom stereocenters. The average Bonchev–Trinajstić information content (AvgIpc) is 3.19. The molecular formula is C21H20N4O3. The smallest absolute Gasteiger partial charge is 0.337 e. The highest BCUT2D eigenvalue weighted by Crippen LogP contribution is 2.27. The van der Waals surface area contributed by atoms with Crippen molar-refractivity contribution in [3.05, 3.63) is 71.5 Å². The molecule has 142 valence electrons. The lowest BCUT2D eigenvalue weighted by atomic mass is 10.1. The second-order valence-corrected chi connectivity index (χ2v) is 6.63. The molecule has 0 saturated heterocycles. The van der Waals surface area contributed by atoms with Gasteiger partial charge in [-0.1, -0.05) is 30.3 Å². The topological polar surface area (TPSA) is 77.3 Å². The van der Waals surface area contributed by atoms with Crippen LogP contribution in [0.3, 0.4) is 0 Å². The molecule has 0 aliphatic carbocycles. The van der Waals surface area contributed by atoms with Crippen LogP contribution < -0.4 is 0 Å². The van der Waals surface area contributed by atoms with E-state index in [0.29, 0.717) is 30.0 Å². The van der Waals surface area contributed by atoms with Crippen LogP contribution in [0.5, 0.6) is 0 Å². The monoisotopic (exact) mass is 376 g/mol. The van der Waals surface area contributed by atoms with E-state index in [4.69, 9.17) is 4.74 Å². The number of methoxy groups -OCH3 is 1. The zero-order valence-corrected chi connectivity index (χ0v) is 15.7. The summed E-state index contributed by atoms with van der Waals surface area (Å²) in [6.45, 7) is 3.09. The van der Waals surface area contributed by atoms with E-state index in [2.05, 4.69) is 10.1 Å². The van der Waals surface area contributed by atoms with Crippen LogP contribution in [-0.2, 0) is 11.3 Å². The Labute approximate surface area is 162 Å². The van der Waals surface area contributed by atoms with Crippen LogP contribution in [-0.4, -0.2) is 45.2 Å². The lowest BCUT2D eigenvalue weighted by molar-refractivity contribution is 0.0596. The predicted octanol–water partition coefficient (Wildman–Crippen LogP) is 2.95. The van der Waals surface area contributed by atoms with Gasteiger partial charge in [-0.2, -0.15) is 5.10 Å². The van der Waals surface area contributed by atoms with Crippen LogP contribution in [0, 0.1) is 0 Å². The summed E-state index contributed by atoms with van der Waals surface area (Å²) in [4.78, 5) is 31.0. The largest absolute Gasteiger partial charge is 0.465 e. The minimum atomic E-state index is -0.424. The maximum atomic E-state index is 13.0. The van der Waals surface area contributed by atoms with Crippen molar-refractivity contribution in [1.82, 2.24) is 19.7 Å². The molecule has 0 fully saturated rings. The average molecular weight is 376 g/mol. The molecule has 1 amide bonds. The molecule has 7 heteroatoms. The SMILES string of the molecule is COC(=O)c1ccc(C(=O)N2CCn3nc(-c4ccccc4)nc3[C@@H]2C)cc1. The van der Waals surface area contributed by atoms with Crippen molar-refractivity contribution in [3.63, 3.8) is 0 Å². The van der Waals surface area contributed by atoms with E-state index in [1.54, 1.807) is 29.2 Å². The second kappa shape index (κ2) is 7.26. The molecule has 0 saturated carbocycles. The van der Waals surface area contributed by atoms with Crippen molar-refractivity contribution in [3.8, 4) is 11.4 Å². The van der Waals surface area contributed by atoms with E-state index in [1.165, 1.54) is 7.11 Å². The van der Waals surface area contributed by atoms with Gasteiger partial charge in [-0.15, -0.1) is 0 Å². The molecule has 1 aromatic heterocycles. The summed E-state index contributed by atoms with van der Waals surface area (Å²) in [6.07, 6.45) is 0. The van der Waals surface area contributed by atoms with Crippen molar-refractivity contribution in [2.45, 2.75) is 19.5 Å². The molecular weight excluding hydrogens is 356 g/mol. The Hall–Kier alpha value is -3.48. The van der Waals surface area contributed by atoms with Crippen molar-refractivity contribution in [2.24, 2.45) is 0 Å². The maximum Gasteiger partial charge on any atom is 0.337 e. The van der Waals surface area contributed by atoms with Crippen molar-refractivity contribution < 1.29 is 14.3 Å². The van der Waals surface area contributed by atoms with Crippen LogP contribution in [0.4, 0.5) is 0 Å². The van der Waals surface area contributed by atoms with Crippen LogP contribution in [0.15, 0.2) is 54.6 Å². The maximum absolute atomic E-state index is 13.0. The van der Waals surface area contributed by atoms with E-state index in [-0.39, 0.29) is 11.9 Å². The van der Waals surface area contributed by atoms with Crippen molar-refractivity contribution in [2.75, 3.05) is 13.7 Å². The van der Waals surface area contributed by atoms with Gasteiger partial charge in [0.05, 0.1) is 25.3 Å². The predicted molar refractivity (Wildman–Crippen MR) is 103 cm³/mol. The molecule has 1 aliphatic heterocycles. The number of rotatable bonds is 3. The first-order valence-electron chi connectivity index (χ1n) is 9.08. The van der Waals surface area contributed by atoms with Gasteiger partial charge in [0.2, 0.25) is 0 Å². The summed E-state index contributed by atoms with van der Waals surface area (Å²) in [6, 6.07) is 16.1. The highest BCUT2D eigenvalue weighted by atomic mass is 16.5. The van der Waals surface area contributed by atoms with Crippen molar-refractivity contribution in [1.29, 1.82) is 0 Å². The molecule has 1 aliphatic rings. The first-order chi connectivity index (χ1) is 13.6. The molecule has 0 bridgehead atoms. The molecule has 28 heavy (non-hydrogen) atoms. The van der Waals surface area contributed by atoms with E-state index in [1.807, 2.05) is 41.9 Å². The summed E-state index contributed by atoms with van der Waals surface area (Å²) < 4.78 is 6.57. The molecule has 3 aromatic rings. The van der Waals surface area contributed by atoms with Gasteiger partial charge in [-0.25, -0.2) is 14.5 Å². The van der Waals surface area contributed by atoms with E-state index < -0.39 is 5.97 Å². The fourth-order valence-corrected chi connectivity index (χ4v) is 3.38.